The smallest absolute Gasteiger partial charge is 0.339 e. The topological polar surface area (TPSA) is 42.7 Å². The molecule has 5 heteroatoms. The molecule has 0 radical (unpaired) electrons. The molecule has 2 aliphatic rings. The van der Waals surface area contributed by atoms with Gasteiger partial charge in [-0.2, -0.15) is 0 Å². The van der Waals surface area contributed by atoms with Crippen LogP contribution in [0, 0.1) is 5.82 Å². The summed E-state index contributed by atoms with van der Waals surface area (Å²) in [5.41, 5.74) is 4.32. The zero-order valence-electron chi connectivity index (χ0n) is 15.0. The fourth-order valence-electron chi connectivity index (χ4n) is 4.22. The number of benzene rings is 2. The lowest BCUT2D eigenvalue weighted by molar-refractivity contribution is 0.0967. The summed E-state index contributed by atoms with van der Waals surface area (Å²) in [4.78, 5) is 14.5. The molecule has 3 aromatic rings. The molecule has 4 nitrogen and oxygen atoms in total. The summed E-state index contributed by atoms with van der Waals surface area (Å²) in [6.45, 7) is 1.88. The molecule has 1 aliphatic heterocycles. The number of hydrogen-bond acceptors (Lipinski definition) is 4. The van der Waals surface area contributed by atoms with Gasteiger partial charge in [0.05, 0.1) is 5.56 Å². The fourth-order valence-corrected chi connectivity index (χ4v) is 4.22. The number of halogens is 1. The Morgan fingerprint density at radius 3 is 2.85 bits per heavy atom. The molecule has 2 heterocycles. The molecule has 0 fully saturated rings. The van der Waals surface area contributed by atoms with Crippen molar-refractivity contribution in [2.75, 3.05) is 13.3 Å². The van der Waals surface area contributed by atoms with Gasteiger partial charge in [-0.15, -0.1) is 0 Å². The molecule has 0 N–H and O–H groups in total. The fraction of sp³-hybridized carbons (Fsp3) is 0.318. The second-order valence-electron chi connectivity index (χ2n) is 7.33. The molecular weight excluding hydrogens is 345 g/mol. The van der Waals surface area contributed by atoms with E-state index in [9.17, 15) is 9.18 Å². The Bertz CT molecular complexity index is 1090. The maximum atomic E-state index is 13.4. The molecule has 1 aromatic heterocycles. The van der Waals surface area contributed by atoms with Gasteiger partial charge in [-0.3, -0.25) is 4.90 Å². The highest BCUT2D eigenvalue weighted by Crippen LogP contribution is 2.35. The van der Waals surface area contributed by atoms with Gasteiger partial charge in [0.1, 0.15) is 23.9 Å². The predicted octanol–water partition coefficient (Wildman–Crippen LogP) is 3.82. The standard InChI is InChI=1S/C22H20FNO3/c23-15-4-1-3-14(11-15)9-10-24-12-19-20(26-13-24)8-7-17-16-5-2-6-18(16)22(25)27-21(17)19/h1,3-4,7-8,11H,2,5-6,9-10,12-13H2. The lowest BCUT2D eigenvalue weighted by Gasteiger charge is -2.29. The van der Waals surface area contributed by atoms with Crippen LogP contribution in [0.2, 0.25) is 0 Å². The van der Waals surface area contributed by atoms with E-state index < -0.39 is 0 Å². The average Bonchev–Trinajstić information content (AvgIpc) is 3.17. The van der Waals surface area contributed by atoms with Crippen molar-refractivity contribution in [3.63, 3.8) is 0 Å². The minimum absolute atomic E-state index is 0.208. The van der Waals surface area contributed by atoms with E-state index in [1.54, 1.807) is 12.1 Å². The molecule has 0 saturated heterocycles. The summed E-state index contributed by atoms with van der Waals surface area (Å²) >= 11 is 0. The predicted molar refractivity (Wildman–Crippen MR) is 101 cm³/mol. The molecule has 5 rings (SSSR count). The van der Waals surface area contributed by atoms with Gasteiger partial charge in [0.2, 0.25) is 0 Å². The molecule has 138 valence electrons. The van der Waals surface area contributed by atoms with Crippen molar-refractivity contribution in [2.24, 2.45) is 0 Å². The minimum atomic E-state index is -0.214. The van der Waals surface area contributed by atoms with E-state index >= 15 is 0 Å². The van der Waals surface area contributed by atoms with Crippen LogP contribution in [0.15, 0.2) is 45.6 Å². The first-order valence-electron chi connectivity index (χ1n) is 9.39. The van der Waals surface area contributed by atoms with Crippen molar-refractivity contribution >= 4 is 11.0 Å². The third kappa shape index (κ3) is 2.92. The Morgan fingerprint density at radius 2 is 1.96 bits per heavy atom. The summed E-state index contributed by atoms with van der Waals surface area (Å²) in [6, 6.07) is 10.7. The lowest BCUT2D eigenvalue weighted by Crippen LogP contribution is -2.33. The van der Waals surface area contributed by atoms with Crippen LogP contribution in [0.25, 0.3) is 11.0 Å². The van der Waals surface area contributed by atoms with Gasteiger partial charge < -0.3 is 9.15 Å². The molecule has 1 aliphatic carbocycles. The molecule has 0 unspecified atom stereocenters. The van der Waals surface area contributed by atoms with Gasteiger partial charge >= 0.3 is 5.63 Å². The van der Waals surface area contributed by atoms with Crippen molar-refractivity contribution in [1.29, 1.82) is 0 Å². The summed E-state index contributed by atoms with van der Waals surface area (Å²) in [5, 5.41) is 1.04. The molecule has 0 bridgehead atoms. The van der Waals surface area contributed by atoms with Crippen LogP contribution in [0.1, 0.15) is 28.7 Å². The lowest BCUT2D eigenvalue weighted by atomic mass is 10.0. The van der Waals surface area contributed by atoms with Gasteiger partial charge in [-0.1, -0.05) is 12.1 Å². The highest BCUT2D eigenvalue weighted by Gasteiger charge is 2.25. The highest BCUT2D eigenvalue weighted by molar-refractivity contribution is 5.86. The summed E-state index contributed by atoms with van der Waals surface area (Å²) in [6.07, 6.45) is 3.48. The summed E-state index contributed by atoms with van der Waals surface area (Å²) in [5.74, 6) is 0.569. The maximum Gasteiger partial charge on any atom is 0.339 e. The van der Waals surface area contributed by atoms with Crippen molar-refractivity contribution in [3.8, 4) is 5.75 Å². The van der Waals surface area contributed by atoms with Crippen LogP contribution in [-0.4, -0.2) is 18.2 Å². The number of hydrogen-bond donors (Lipinski definition) is 0. The van der Waals surface area contributed by atoms with Crippen LogP contribution in [0.5, 0.6) is 5.75 Å². The van der Waals surface area contributed by atoms with Crippen molar-refractivity contribution in [1.82, 2.24) is 4.90 Å². The molecule has 27 heavy (non-hydrogen) atoms. The SMILES string of the molecule is O=c1oc2c3c(ccc2c2c1CCC2)OCN(CCc1cccc(F)c1)C3. The molecule has 2 aromatic carbocycles. The van der Waals surface area contributed by atoms with E-state index in [1.807, 2.05) is 18.2 Å². The number of nitrogens with zero attached hydrogens (tertiary/aromatic N) is 1. The Morgan fingerprint density at radius 1 is 1.07 bits per heavy atom. The normalized spacial score (nSPS) is 16.2. The van der Waals surface area contributed by atoms with E-state index in [0.29, 0.717) is 18.9 Å². The van der Waals surface area contributed by atoms with Crippen LogP contribution in [-0.2, 0) is 25.8 Å². The number of ether oxygens (including phenoxy) is 1. The van der Waals surface area contributed by atoms with Crippen LogP contribution >= 0.6 is 0 Å². The van der Waals surface area contributed by atoms with Crippen molar-refractivity contribution in [3.05, 3.63) is 74.9 Å². The van der Waals surface area contributed by atoms with Crippen LogP contribution < -0.4 is 10.4 Å². The van der Waals surface area contributed by atoms with E-state index in [1.165, 1.54) is 6.07 Å². The first-order valence-corrected chi connectivity index (χ1v) is 9.39. The number of fused-ring (bicyclic) bond motifs is 5. The molecule has 0 saturated carbocycles. The van der Waals surface area contributed by atoms with Crippen molar-refractivity contribution < 1.29 is 13.5 Å². The van der Waals surface area contributed by atoms with Gasteiger partial charge in [0.25, 0.3) is 0 Å². The Kier molecular flexibility index (Phi) is 3.97. The highest BCUT2D eigenvalue weighted by atomic mass is 19.1. The number of rotatable bonds is 3. The molecule has 0 atom stereocenters. The Balaban J connectivity index is 1.45. The third-order valence-corrected chi connectivity index (χ3v) is 5.59. The van der Waals surface area contributed by atoms with E-state index in [2.05, 4.69) is 4.90 Å². The minimum Gasteiger partial charge on any atom is -0.478 e. The van der Waals surface area contributed by atoms with Gasteiger partial charge in [-0.05, 0) is 61.1 Å². The van der Waals surface area contributed by atoms with Crippen LogP contribution in [0.3, 0.4) is 0 Å². The second-order valence-corrected chi connectivity index (χ2v) is 7.33. The summed E-state index contributed by atoms with van der Waals surface area (Å²) in [7, 11) is 0. The van der Waals surface area contributed by atoms with Crippen LogP contribution in [0.4, 0.5) is 4.39 Å². The Labute approximate surface area is 156 Å². The first kappa shape index (κ1) is 16.5. The van der Waals surface area contributed by atoms with E-state index in [0.717, 1.165) is 65.6 Å². The molecule has 0 spiro atoms. The van der Waals surface area contributed by atoms with Crippen molar-refractivity contribution in [2.45, 2.75) is 32.2 Å². The largest absolute Gasteiger partial charge is 0.478 e. The zero-order chi connectivity index (χ0) is 18.4. The maximum absolute atomic E-state index is 13.4. The third-order valence-electron chi connectivity index (χ3n) is 5.59. The van der Waals surface area contributed by atoms with Gasteiger partial charge in [0, 0.05) is 24.0 Å². The molecule has 0 amide bonds. The molecular formula is C22H20FNO3. The monoisotopic (exact) mass is 365 g/mol. The second kappa shape index (κ2) is 6.50. The zero-order valence-corrected chi connectivity index (χ0v) is 15.0. The summed E-state index contributed by atoms with van der Waals surface area (Å²) < 4.78 is 25.0. The first-order chi connectivity index (χ1) is 13.2. The van der Waals surface area contributed by atoms with E-state index in [-0.39, 0.29) is 11.4 Å². The number of aryl methyl sites for hydroxylation is 1. The average molecular weight is 365 g/mol. The van der Waals surface area contributed by atoms with Gasteiger partial charge in [-0.25, -0.2) is 9.18 Å². The van der Waals surface area contributed by atoms with Gasteiger partial charge in [0.15, 0.2) is 0 Å². The van der Waals surface area contributed by atoms with E-state index in [4.69, 9.17) is 9.15 Å². The Hall–Kier alpha value is -2.66. The quantitative estimate of drug-likeness (QED) is 0.662.